The Bertz CT molecular complexity index is 573. The molecule has 1 fully saturated rings. The minimum absolute atomic E-state index is 0.171. The number of benzene rings is 1. The topological polar surface area (TPSA) is 66.4 Å². The number of hydrogen-bond donors (Lipinski definition) is 2. The van der Waals surface area contributed by atoms with Crippen LogP contribution >= 0.6 is 11.6 Å². The minimum atomic E-state index is -1.05. The molecule has 22 heavy (non-hydrogen) atoms. The molecule has 0 aromatic heterocycles. The summed E-state index contributed by atoms with van der Waals surface area (Å²) in [5.41, 5.74) is 0.347. The van der Waals surface area contributed by atoms with Crippen LogP contribution in [0.15, 0.2) is 18.2 Å². The molecular formula is C16H19ClFNO3. The van der Waals surface area contributed by atoms with E-state index < -0.39 is 23.7 Å². The Hall–Kier alpha value is -1.62. The molecule has 1 aromatic carbocycles. The third-order valence-corrected chi connectivity index (χ3v) is 4.60. The van der Waals surface area contributed by atoms with E-state index in [9.17, 15) is 19.1 Å². The van der Waals surface area contributed by atoms with Gasteiger partial charge in [-0.15, -0.1) is 0 Å². The van der Waals surface area contributed by atoms with Crippen molar-refractivity contribution in [2.24, 2.45) is 11.8 Å². The molecule has 0 heterocycles. The number of carboxylic acid groups (broad SMARTS) is 1. The van der Waals surface area contributed by atoms with E-state index in [0.717, 1.165) is 0 Å². The van der Waals surface area contributed by atoms with Crippen LogP contribution in [0.2, 0.25) is 5.02 Å². The van der Waals surface area contributed by atoms with E-state index in [1.807, 2.05) is 6.92 Å². The zero-order chi connectivity index (χ0) is 16.4. The van der Waals surface area contributed by atoms with Gasteiger partial charge in [-0.3, -0.25) is 4.79 Å². The molecule has 120 valence electrons. The van der Waals surface area contributed by atoms with Gasteiger partial charge in [0.05, 0.1) is 0 Å². The predicted molar refractivity (Wildman–Crippen MR) is 81.3 cm³/mol. The van der Waals surface area contributed by atoms with Crippen molar-refractivity contribution in [1.29, 1.82) is 0 Å². The van der Waals surface area contributed by atoms with Crippen LogP contribution in [0, 0.1) is 17.7 Å². The molecule has 0 bridgehead atoms. The second-order valence-electron chi connectivity index (χ2n) is 5.79. The van der Waals surface area contributed by atoms with Crippen molar-refractivity contribution in [1.82, 2.24) is 5.32 Å². The standard InChI is InChI=1S/C16H19ClFNO3/c1-3-8(2)14(16(21)22)19-15(20)10-7-9(10)13-11(17)5-4-6-12(13)18/h4-6,8-10,14H,3,7H2,1-2H3,(H,19,20)(H,21,22). The lowest BCUT2D eigenvalue weighted by molar-refractivity contribution is -0.143. The van der Waals surface area contributed by atoms with Crippen LogP contribution in [0.4, 0.5) is 4.39 Å². The number of hydrogen-bond acceptors (Lipinski definition) is 2. The molecule has 0 aliphatic heterocycles. The smallest absolute Gasteiger partial charge is 0.326 e. The maximum Gasteiger partial charge on any atom is 0.326 e. The van der Waals surface area contributed by atoms with Crippen LogP contribution in [-0.4, -0.2) is 23.0 Å². The summed E-state index contributed by atoms with van der Waals surface area (Å²) in [6, 6.07) is 3.50. The molecule has 2 N–H and O–H groups in total. The maximum absolute atomic E-state index is 13.8. The fourth-order valence-corrected chi connectivity index (χ4v) is 2.92. The van der Waals surface area contributed by atoms with Crippen molar-refractivity contribution in [2.75, 3.05) is 0 Å². The molecule has 0 radical (unpaired) electrons. The van der Waals surface area contributed by atoms with E-state index in [4.69, 9.17) is 11.6 Å². The second-order valence-corrected chi connectivity index (χ2v) is 6.20. The number of halogens is 2. The van der Waals surface area contributed by atoms with Gasteiger partial charge in [0, 0.05) is 22.4 Å². The van der Waals surface area contributed by atoms with Gasteiger partial charge in [-0.2, -0.15) is 0 Å². The number of carboxylic acids is 1. The summed E-state index contributed by atoms with van der Waals surface area (Å²) in [6.45, 7) is 3.64. The maximum atomic E-state index is 13.8. The highest BCUT2D eigenvalue weighted by molar-refractivity contribution is 6.31. The predicted octanol–water partition coefficient (Wildman–Crippen LogP) is 3.20. The summed E-state index contributed by atoms with van der Waals surface area (Å²) >= 11 is 6.00. The summed E-state index contributed by atoms with van der Waals surface area (Å²) in [4.78, 5) is 23.4. The minimum Gasteiger partial charge on any atom is -0.480 e. The zero-order valence-corrected chi connectivity index (χ0v) is 13.2. The van der Waals surface area contributed by atoms with Gasteiger partial charge in [-0.1, -0.05) is 37.9 Å². The number of aliphatic carboxylic acids is 1. The first-order chi connectivity index (χ1) is 10.4. The first-order valence-electron chi connectivity index (χ1n) is 7.33. The molecule has 6 heteroatoms. The molecule has 0 saturated heterocycles. The average Bonchev–Trinajstić information content (AvgIpc) is 3.23. The lowest BCUT2D eigenvalue weighted by Gasteiger charge is -2.20. The fraction of sp³-hybridized carbons (Fsp3) is 0.500. The van der Waals surface area contributed by atoms with Gasteiger partial charge >= 0.3 is 5.97 Å². The molecule has 4 nitrogen and oxygen atoms in total. The van der Waals surface area contributed by atoms with Crippen LogP contribution in [-0.2, 0) is 9.59 Å². The number of amides is 1. The second kappa shape index (κ2) is 6.65. The molecule has 1 aromatic rings. The Morgan fingerprint density at radius 3 is 2.73 bits per heavy atom. The van der Waals surface area contributed by atoms with E-state index in [1.165, 1.54) is 12.1 Å². The highest BCUT2D eigenvalue weighted by Crippen LogP contribution is 2.50. The number of carbonyl (C=O) groups excluding carboxylic acids is 1. The Balaban J connectivity index is 2.06. The van der Waals surface area contributed by atoms with Crippen molar-refractivity contribution < 1.29 is 19.1 Å². The number of nitrogens with one attached hydrogen (secondary N) is 1. The van der Waals surface area contributed by atoms with Crippen LogP contribution in [0.25, 0.3) is 0 Å². The zero-order valence-electron chi connectivity index (χ0n) is 12.5. The van der Waals surface area contributed by atoms with Gasteiger partial charge < -0.3 is 10.4 Å². The van der Waals surface area contributed by atoms with E-state index >= 15 is 0 Å². The third kappa shape index (κ3) is 3.40. The SMILES string of the molecule is CCC(C)C(NC(=O)C1CC1c1c(F)cccc1Cl)C(=O)O. The normalized spacial score (nSPS) is 22.7. The molecule has 4 unspecified atom stereocenters. The number of carbonyl (C=O) groups is 2. The van der Waals surface area contributed by atoms with Crippen LogP contribution < -0.4 is 5.32 Å². The summed E-state index contributed by atoms with van der Waals surface area (Å²) in [5.74, 6) is -2.69. The Labute approximate surface area is 133 Å². The lowest BCUT2D eigenvalue weighted by atomic mass is 9.99. The van der Waals surface area contributed by atoms with Crippen molar-refractivity contribution in [2.45, 2.75) is 38.6 Å². The first-order valence-corrected chi connectivity index (χ1v) is 7.71. The van der Waals surface area contributed by atoms with Gasteiger partial charge in [0.1, 0.15) is 11.9 Å². The third-order valence-electron chi connectivity index (χ3n) is 4.27. The Morgan fingerprint density at radius 2 is 2.18 bits per heavy atom. The molecular weight excluding hydrogens is 309 g/mol. The molecule has 1 aliphatic carbocycles. The quantitative estimate of drug-likeness (QED) is 0.843. The summed E-state index contributed by atoms with van der Waals surface area (Å²) in [5, 5.41) is 12.1. The number of rotatable bonds is 6. The summed E-state index contributed by atoms with van der Waals surface area (Å²) in [7, 11) is 0. The van der Waals surface area contributed by atoms with Gasteiger partial charge in [0.25, 0.3) is 0 Å². The van der Waals surface area contributed by atoms with Gasteiger partial charge in [0.15, 0.2) is 0 Å². The largest absolute Gasteiger partial charge is 0.480 e. The molecule has 2 rings (SSSR count). The fourth-order valence-electron chi connectivity index (χ4n) is 2.61. The van der Waals surface area contributed by atoms with E-state index in [2.05, 4.69) is 5.32 Å². The highest BCUT2D eigenvalue weighted by Gasteiger charge is 2.47. The van der Waals surface area contributed by atoms with E-state index in [0.29, 0.717) is 23.4 Å². The molecule has 1 amide bonds. The van der Waals surface area contributed by atoms with Crippen LogP contribution in [0.5, 0.6) is 0 Å². The highest BCUT2D eigenvalue weighted by atomic mass is 35.5. The average molecular weight is 328 g/mol. The Morgan fingerprint density at radius 1 is 1.50 bits per heavy atom. The van der Waals surface area contributed by atoms with Crippen LogP contribution in [0.3, 0.4) is 0 Å². The molecule has 1 saturated carbocycles. The summed E-state index contributed by atoms with van der Waals surface area (Å²) in [6.07, 6.45) is 1.13. The van der Waals surface area contributed by atoms with Gasteiger partial charge in [-0.25, -0.2) is 9.18 Å². The van der Waals surface area contributed by atoms with E-state index in [1.54, 1.807) is 13.0 Å². The van der Waals surface area contributed by atoms with Gasteiger partial charge in [0.2, 0.25) is 5.91 Å². The van der Waals surface area contributed by atoms with Crippen LogP contribution in [0.1, 0.15) is 38.2 Å². The van der Waals surface area contributed by atoms with Gasteiger partial charge in [-0.05, 0) is 24.5 Å². The van der Waals surface area contributed by atoms with Crippen molar-refractivity contribution >= 4 is 23.5 Å². The first kappa shape index (κ1) is 16.7. The molecule has 0 spiro atoms. The molecule has 1 aliphatic rings. The lowest BCUT2D eigenvalue weighted by Crippen LogP contribution is -2.45. The summed E-state index contributed by atoms with van der Waals surface area (Å²) < 4.78 is 13.8. The van der Waals surface area contributed by atoms with Crippen molar-refractivity contribution in [3.63, 3.8) is 0 Å². The van der Waals surface area contributed by atoms with E-state index in [-0.39, 0.29) is 17.7 Å². The van der Waals surface area contributed by atoms with Crippen molar-refractivity contribution in [3.8, 4) is 0 Å². The Kier molecular flexibility index (Phi) is 5.06. The van der Waals surface area contributed by atoms with Crippen molar-refractivity contribution in [3.05, 3.63) is 34.6 Å². The molecule has 4 atom stereocenters. The monoisotopic (exact) mass is 327 g/mol.